The maximum absolute atomic E-state index is 13.6. The summed E-state index contributed by atoms with van der Waals surface area (Å²) in [5, 5.41) is 5.15. The van der Waals surface area contributed by atoms with Gasteiger partial charge in [-0.3, -0.25) is 9.59 Å². The monoisotopic (exact) mass is 466 g/mol. The zero-order valence-electron chi connectivity index (χ0n) is 18.9. The molecule has 7 heteroatoms. The Morgan fingerprint density at radius 2 is 1.94 bits per heavy atom. The lowest BCUT2D eigenvalue weighted by Crippen LogP contribution is -2.46. The van der Waals surface area contributed by atoms with Gasteiger partial charge < -0.3 is 19.4 Å². The molecule has 3 aromatic rings. The Kier molecular flexibility index (Phi) is 7.83. The molecule has 1 N–H and O–H groups in total. The van der Waals surface area contributed by atoms with Crippen LogP contribution in [0.5, 0.6) is 5.75 Å². The van der Waals surface area contributed by atoms with Crippen LogP contribution in [0.25, 0.3) is 0 Å². The molecule has 1 saturated carbocycles. The van der Waals surface area contributed by atoms with Crippen molar-refractivity contribution in [2.45, 2.75) is 57.7 Å². The first-order valence-corrected chi connectivity index (χ1v) is 12.4. The Bertz CT molecular complexity index is 1010. The largest absolute Gasteiger partial charge is 0.494 e. The molecule has 4 rings (SSSR count). The summed E-state index contributed by atoms with van der Waals surface area (Å²) in [7, 11) is 0. The predicted octanol–water partition coefficient (Wildman–Crippen LogP) is 5.11. The van der Waals surface area contributed by atoms with Crippen LogP contribution in [0.15, 0.2) is 64.6 Å². The molecule has 2 amide bonds. The van der Waals surface area contributed by atoms with Crippen molar-refractivity contribution in [3.8, 4) is 5.75 Å². The highest BCUT2D eigenvalue weighted by Gasteiger charge is 2.33. The van der Waals surface area contributed by atoms with Gasteiger partial charge in [-0.1, -0.05) is 31.0 Å². The molecule has 33 heavy (non-hydrogen) atoms. The number of furan rings is 1. The van der Waals surface area contributed by atoms with Crippen LogP contribution in [0.2, 0.25) is 0 Å². The third kappa shape index (κ3) is 6.05. The van der Waals surface area contributed by atoms with Crippen molar-refractivity contribution in [3.63, 3.8) is 0 Å². The van der Waals surface area contributed by atoms with Gasteiger partial charge in [0.25, 0.3) is 0 Å². The van der Waals surface area contributed by atoms with E-state index in [0.717, 1.165) is 41.9 Å². The highest BCUT2D eigenvalue weighted by molar-refractivity contribution is 7.10. The predicted molar refractivity (Wildman–Crippen MR) is 128 cm³/mol. The van der Waals surface area contributed by atoms with E-state index in [1.165, 1.54) is 11.3 Å². The number of ether oxygens (including phenoxy) is 1. The zero-order valence-corrected chi connectivity index (χ0v) is 19.7. The zero-order chi connectivity index (χ0) is 23.0. The molecule has 0 spiro atoms. The Hall–Kier alpha value is -3.06. The Balaban J connectivity index is 1.66. The van der Waals surface area contributed by atoms with Crippen molar-refractivity contribution in [2.75, 3.05) is 6.61 Å². The van der Waals surface area contributed by atoms with Crippen molar-refractivity contribution in [3.05, 3.63) is 76.4 Å². The Morgan fingerprint density at radius 3 is 2.58 bits per heavy atom. The number of hydrogen-bond acceptors (Lipinski definition) is 5. The van der Waals surface area contributed by atoms with Crippen LogP contribution >= 0.6 is 11.3 Å². The molecule has 0 unspecified atom stereocenters. The van der Waals surface area contributed by atoms with Gasteiger partial charge in [0.2, 0.25) is 11.8 Å². The molecule has 1 aliphatic rings. The van der Waals surface area contributed by atoms with Crippen LogP contribution in [0.4, 0.5) is 0 Å². The van der Waals surface area contributed by atoms with Crippen molar-refractivity contribution in [1.29, 1.82) is 0 Å². The molecule has 1 fully saturated rings. The molecular formula is C26H30N2O4S. The Morgan fingerprint density at radius 1 is 1.15 bits per heavy atom. The van der Waals surface area contributed by atoms with E-state index in [0.29, 0.717) is 12.4 Å². The summed E-state index contributed by atoms with van der Waals surface area (Å²) in [5.74, 6) is 1.10. The summed E-state index contributed by atoms with van der Waals surface area (Å²) < 4.78 is 11.1. The summed E-state index contributed by atoms with van der Waals surface area (Å²) >= 11 is 1.54. The van der Waals surface area contributed by atoms with E-state index in [4.69, 9.17) is 9.15 Å². The summed E-state index contributed by atoms with van der Waals surface area (Å²) in [6.45, 7) is 2.71. The quantitative estimate of drug-likeness (QED) is 0.451. The van der Waals surface area contributed by atoms with Crippen molar-refractivity contribution < 1.29 is 18.7 Å². The van der Waals surface area contributed by atoms with Crippen LogP contribution in [-0.2, 0) is 22.6 Å². The molecule has 174 valence electrons. The molecule has 0 bridgehead atoms. The smallest absolute Gasteiger partial charge is 0.247 e. The number of carbonyl (C=O) groups is 2. The molecular weight excluding hydrogens is 436 g/mol. The van der Waals surface area contributed by atoms with Gasteiger partial charge >= 0.3 is 0 Å². The first-order valence-electron chi connectivity index (χ1n) is 11.5. The minimum absolute atomic E-state index is 0.116. The van der Waals surface area contributed by atoms with E-state index >= 15 is 0 Å². The van der Waals surface area contributed by atoms with E-state index < -0.39 is 6.04 Å². The van der Waals surface area contributed by atoms with E-state index in [-0.39, 0.29) is 30.8 Å². The van der Waals surface area contributed by atoms with Crippen LogP contribution in [-0.4, -0.2) is 29.4 Å². The van der Waals surface area contributed by atoms with Gasteiger partial charge in [-0.25, -0.2) is 0 Å². The van der Waals surface area contributed by atoms with E-state index in [2.05, 4.69) is 5.32 Å². The molecule has 1 atom stereocenters. The topological polar surface area (TPSA) is 71.8 Å². The van der Waals surface area contributed by atoms with E-state index in [1.807, 2.05) is 54.8 Å². The van der Waals surface area contributed by atoms with Crippen molar-refractivity contribution in [1.82, 2.24) is 10.2 Å². The number of amides is 2. The average molecular weight is 467 g/mol. The minimum atomic E-state index is -0.765. The maximum atomic E-state index is 13.6. The van der Waals surface area contributed by atoms with Crippen LogP contribution in [0, 0.1) is 0 Å². The van der Waals surface area contributed by atoms with E-state index in [1.54, 1.807) is 17.2 Å². The summed E-state index contributed by atoms with van der Waals surface area (Å²) in [6.07, 6.45) is 6.01. The summed E-state index contributed by atoms with van der Waals surface area (Å²) in [4.78, 5) is 29.8. The minimum Gasteiger partial charge on any atom is -0.494 e. The molecule has 0 saturated heterocycles. The van der Waals surface area contributed by atoms with E-state index in [9.17, 15) is 9.59 Å². The van der Waals surface area contributed by atoms with Gasteiger partial charge in [-0.15, -0.1) is 11.3 Å². The molecule has 2 aromatic heterocycles. The van der Waals surface area contributed by atoms with Crippen LogP contribution < -0.4 is 10.1 Å². The van der Waals surface area contributed by atoms with Gasteiger partial charge in [-0.2, -0.15) is 0 Å². The second kappa shape index (κ2) is 11.2. The van der Waals surface area contributed by atoms with Crippen molar-refractivity contribution >= 4 is 23.2 Å². The third-order valence-electron chi connectivity index (χ3n) is 5.90. The van der Waals surface area contributed by atoms with Gasteiger partial charge in [0.05, 0.1) is 25.8 Å². The first kappa shape index (κ1) is 23.1. The highest BCUT2D eigenvalue weighted by atomic mass is 32.1. The number of nitrogens with one attached hydrogen (secondary N) is 1. The third-order valence-corrected chi connectivity index (χ3v) is 6.78. The standard InChI is InChI=1S/C26H30N2O4S/c1-2-31-21-13-11-19(12-14-21)25(26(30)27-20-7-3-4-8-20)28(18-22-9-5-15-32-22)24(29)17-23-10-6-16-33-23/h5-6,9-16,20,25H,2-4,7-8,17-18H2,1H3,(H,27,30)/t25-/m0/s1. The molecule has 1 aromatic carbocycles. The molecule has 6 nitrogen and oxygen atoms in total. The number of thiophene rings is 1. The van der Waals surface area contributed by atoms with Gasteiger partial charge in [0.15, 0.2) is 0 Å². The van der Waals surface area contributed by atoms with Gasteiger partial charge in [-0.05, 0) is 61.0 Å². The molecule has 0 aliphatic heterocycles. The highest BCUT2D eigenvalue weighted by Crippen LogP contribution is 2.28. The lowest BCUT2D eigenvalue weighted by molar-refractivity contribution is -0.141. The maximum Gasteiger partial charge on any atom is 0.247 e. The lowest BCUT2D eigenvalue weighted by Gasteiger charge is -2.32. The molecule has 2 heterocycles. The Labute approximate surface area is 198 Å². The number of rotatable bonds is 10. The van der Waals surface area contributed by atoms with Crippen LogP contribution in [0.3, 0.4) is 0 Å². The summed E-state index contributed by atoms with van der Waals surface area (Å²) in [6, 6.07) is 14.3. The number of hydrogen-bond donors (Lipinski definition) is 1. The number of carbonyl (C=O) groups excluding carboxylic acids is 2. The average Bonchev–Trinajstić information content (AvgIpc) is 3.59. The van der Waals surface area contributed by atoms with Crippen molar-refractivity contribution in [2.24, 2.45) is 0 Å². The first-order chi connectivity index (χ1) is 16.1. The fourth-order valence-corrected chi connectivity index (χ4v) is 4.99. The van der Waals surface area contributed by atoms with Gasteiger partial charge in [0.1, 0.15) is 17.6 Å². The van der Waals surface area contributed by atoms with Gasteiger partial charge in [0, 0.05) is 10.9 Å². The number of benzene rings is 1. The lowest BCUT2D eigenvalue weighted by atomic mass is 10.0. The second-order valence-corrected chi connectivity index (χ2v) is 9.28. The SMILES string of the molecule is CCOc1ccc([C@@H](C(=O)NC2CCCC2)N(Cc2ccco2)C(=O)Cc2cccs2)cc1. The number of nitrogens with zero attached hydrogens (tertiary/aromatic N) is 1. The fourth-order valence-electron chi connectivity index (χ4n) is 4.29. The van der Waals surface area contributed by atoms with Crippen LogP contribution in [0.1, 0.15) is 54.8 Å². The second-order valence-electron chi connectivity index (χ2n) is 8.25. The molecule has 0 radical (unpaired) electrons. The fraction of sp³-hybridized carbons (Fsp3) is 0.385. The summed E-state index contributed by atoms with van der Waals surface area (Å²) in [5.41, 5.74) is 0.750. The molecule has 1 aliphatic carbocycles. The normalized spacial score (nSPS) is 14.7.